The molecule has 32 valence electrons. The molecule has 0 saturated carbocycles. The summed E-state index contributed by atoms with van der Waals surface area (Å²) in [5.41, 5.74) is 0. The fourth-order valence-electron chi connectivity index (χ4n) is 0.0855. The van der Waals surface area contributed by atoms with Crippen molar-refractivity contribution in [3.8, 4) is 0 Å². The van der Waals surface area contributed by atoms with Crippen LogP contribution < -0.4 is 0 Å². The van der Waals surface area contributed by atoms with Crippen molar-refractivity contribution in [2.75, 3.05) is 0 Å². The van der Waals surface area contributed by atoms with E-state index in [4.69, 9.17) is 5.11 Å². The molecule has 0 saturated heterocycles. The van der Waals surface area contributed by atoms with E-state index in [1.807, 2.05) is 0 Å². The molecule has 6 heavy (non-hydrogen) atoms. The summed E-state index contributed by atoms with van der Waals surface area (Å²) in [5.74, 6) is 0. The third-order valence-electron chi connectivity index (χ3n) is 0.186. The monoisotopic (exact) mass is 102 g/mol. The van der Waals surface area contributed by atoms with Crippen LogP contribution in [0.5, 0.6) is 0 Å². The van der Waals surface area contributed by atoms with Crippen molar-refractivity contribution in [1.82, 2.24) is 0 Å². The van der Waals surface area contributed by atoms with E-state index < -0.39 is 6.09 Å². The maximum Gasteiger partial charge on any atom is 0.447 e. The Kier molecular flexibility index (Phi) is 2.63. The molecule has 0 aromatic carbocycles. The van der Waals surface area contributed by atoms with Gasteiger partial charge in [-0.25, -0.2) is 4.79 Å². The molecule has 0 spiro atoms. The van der Waals surface area contributed by atoms with Gasteiger partial charge in [0.15, 0.2) is 0 Å². The highest BCUT2D eigenvalue weighted by atomic mass is 27.1. The zero-order valence-electron chi connectivity index (χ0n) is 3.25. The van der Waals surface area contributed by atoms with E-state index >= 15 is 0 Å². The average molecular weight is 102 g/mol. The predicted octanol–water partition coefficient (Wildman–Crippen LogP) is -0.335. The Morgan fingerprint density at radius 2 is 2.33 bits per heavy atom. The maximum absolute atomic E-state index is 9.36. The van der Waals surface area contributed by atoms with Crippen LogP contribution in [0, 0.1) is 0 Å². The van der Waals surface area contributed by atoms with Gasteiger partial charge in [0.1, 0.15) is 0 Å². The Hall–Kier alpha value is -0.398. The van der Waals surface area contributed by atoms with Gasteiger partial charge in [0.2, 0.25) is 0 Å². The van der Waals surface area contributed by atoms with Gasteiger partial charge in [0.25, 0.3) is 0 Å². The van der Waals surface area contributed by atoms with E-state index in [0.29, 0.717) is 16.5 Å². The van der Waals surface area contributed by atoms with Gasteiger partial charge in [0, 0.05) is 0 Å². The number of rotatable bonds is 0. The Morgan fingerprint density at radius 1 is 1.83 bits per heavy atom. The summed E-state index contributed by atoms with van der Waals surface area (Å²) in [4.78, 5) is 9.36. The molecule has 1 N–H and O–H groups in total. The van der Waals surface area contributed by atoms with Crippen molar-refractivity contribution in [3.05, 3.63) is 0 Å². The highest BCUT2D eigenvalue weighted by molar-refractivity contribution is 6.05. The van der Waals surface area contributed by atoms with Crippen LogP contribution in [-0.2, 0) is 0 Å². The summed E-state index contributed by atoms with van der Waals surface area (Å²) in [5, 5.41) is 10.4. The summed E-state index contributed by atoms with van der Waals surface area (Å²) >= 11 is 0.464. The quantitative estimate of drug-likeness (QED) is 0.336. The molecule has 0 fully saturated rings. The van der Waals surface area contributed by atoms with E-state index in [2.05, 4.69) is 9.21 Å². The van der Waals surface area contributed by atoms with Gasteiger partial charge in [0.05, 0.1) is 0 Å². The molecule has 0 aliphatic heterocycles. The number of carbonyl (C=O) groups is 1. The van der Waals surface area contributed by atoms with Gasteiger partial charge in [-0.1, -0.05) is 0 Å². The molecule has 0 aliphatic carbocycles. The molecule has 0 atom stereocenters. The summed E-state index contributed by atoms with van der Waals surface area (Å²) in [7, 11) is 0. The van der Waals surface area contributed by atoms with E-state index in [-0.39, 0.29) is 0 Å². The van der Waals surface area contributed by atoms with E-state index in [1.165, 1.54) is 0 Å². The Morgan fingerprint density at radius 3 is 2.33 bits per heavy atom. The smallest absolute Gasteiger partial charge is 0.447 e. The number of hydrogen-bond acceptors (Lipinski definition) is 2. The lowest BCUT2D eigenvalue weighted by Crippen LogP contribution is -1.79. The van der Waals surface area contributed by atoms with Crippen LogP contribution >= 0.6 is 0 Å². The van der Waals surface area contributed by atoms with Crippen molar-refractivity contribution in [3.63, 3.8) is 0 Å². The third-order valence-corrected chi connectivity index (χ3v) is 0.386. The summed E-state index contributed by atoms with van der Waals surface area (Å²) in [6.45, 7) is 0. The zero-order chi connectivity index (χ0) is 4.99. The van der Waals surface area contributed by atoms with Crippen molar-refractivity contribution in [2.24, 2.45) is 9.21 Å². The van der Waals surface area contributed by atoms with Crippen LogP contribution in [0.3, 0.4) is 0 Å². The second-order valence-electron chi connectivity index (χ2n) is 0.583. The molecule has 0 aromatic heterocycles. The van der Waals surface area contributed by atoms with Gasteiger partial charge in [-0.2, -0.15) is 0 Å². The van der Waals surface area contributed by atoms with Crippen molar-refractivity contribution >= 4 is 22.6 Å². The van der Waals surface area contributed by atoms with Gasteiger partial charge in [-0.05, 0) is 0 Å². The normalized spacial score (nSPS) is 9.33. The van der Waals surface area contributed by atoms with Crippen molar-refractivity contribution in [2.45, 2.75) is 0 Å². The number of carboxylic acid groups (broad SMARTS) is 1. The highest BCUT2D eigenvalue weighted by Crippen LogP contribution is 1.67. The van der Waals surface area contributed by atoms with Gasteiger partial charge >= 0.3 is 22.6 Å². The molecule has 0 heterocycles. The van der Waals surface area contributed by atoms with Crippen LogP contribution in [0.15, 0.2) is 9.21 Å². The van der Waals surface area contributed by atoms with E-state index in [9.17, 15) is 4.79 Å². The number of hydrogen-bond donors (Lipinski definition) is 1. The lowest BCUT2D eigenvalue weighted by atomic mass is 11.3. The minimum Gasteiger partial charge on any atom is -0.462 e. The van der Waals surface area contributed by atoms with Crippen LogP contribution in [0.1, 0.15) is 0 Å². The van der Waals surface area contributed by atoms with E-state index in [1.54, 1.807) is 0 Å². The SMILES string of the molecule is O=C(O)N=[N][AlH2]. The topological polar surface area (TPSA) is 62.0 Å². The van der Waals surface area contributed by atoms with Crippen LogP contribution in [0.25, 0.3) is 0 Å². The summed E-state index contributed by atoms with van der Waals surface area (Å²) in [6.07, 6.45) is -1.22. The highest BCUT2D eigenvalue weighted by Gasteiger charge is 1.79. The number of nitrogens with zero attached hydrogens (tertiary/aromatic N) is 2. The Bertz CT molecular complexity index is 79.6. The minimum absolute atomic E-state index is 0.464. The Labute approximate surface area is 42.5 Å². The molecule has 0 aromatic rings. The lowest BCUT2D eigenvalue weighted by molar-refractivity contribution is 0.204. The van der Waals surface area contributed by atoms with Crippen molar-refractivity contribution < 1.29 is 9.90 Å². The molecular weight excluding hydrogens is 99.0 g/mol. The first-order chi connectivity index (χ1) is 2.77. The molecule has 0 aliphatic rings. The van der Waals surface area contributed by atoms with Crippen LogP contribution in [0.2, 0.25) is 0 Å². The fourth-order valence-corrected chi connectivity index (χ4v) is 0.257. The summed E-state index contributed by atoms with van der Waals surface area (Å²) in [6, 6.07) is 0. The first-order valence-corrected chi connectivity index (χ1v) is 2.19. The lowest BCUT2D eigenvalue weighted by Gasteiger charge is -1.69. The Balaban J connectivity index is 3.30. The maximum atomic E-state index is 9.36. The minimum atomic E-state index is -1.22. The largest absolute Gasteiger partial charge is 0.462 e. The first-order valence-electron chi connectivity index (χ1n) is 1.30. The third kappa shape index (κ3) is 3.60. The van der Waals surface area contributed by atoms with Crippen LogP contribution in [-0.4, -0.2) is 27.7 Å². The molecule has 5 heteroatoms. The molecule has 0 bridgehead atoms. The van der Waals surface area contributed by atoms with Gasteiger partial charge in [-0.15, -0.1) is 5.11 Å². The van der Waals surface area contributed by atoms with Gasteiger partial charge < -0.3 is 9.20 Å². The second-order valence-corrected chi connectivity index (χ2v) is 0.983. The van der Waals surface area contributed by atoms with E-state index in [0.717, 1.165) is 0 Å². The molecule has 0 radical (unpaired) electrons. The fraction of sp³-hybridized carbons (Fsp3) is 0. The predicted molar refractivity (Wildman–Crippen MR) is 21.4 cm³/mol. The zero-order valence-corrected chi connectivity index (χ0v) is 5.25. The molecule has 4 nitrogen and oxygen atoms in total. The molecule has 0 rings (SSSR count). The first kappa shape index (κ1) is 5.60. The molecule has 0 unspecified atom stereocenters. The average Bonchev–Trinajstić information content (AvgIpc) is 1.35. The van der Waals surface area contributed by atoms with Crippen LogP contribution in [0.4, 0.5) is 4.79 Å². The molecule has 1 amide bonds. The van der Waals surface area contributed by atoms with Crippen molar-refractivity contribution in [1.29, 1.82) is 0 Å². The second kappa shape index (κ2) is 2.82. The van der Waals surface area contributed by atoms with Gasteiger partial charge in [-0.3, -0.25) is 0 Å². The molecular formula is CH3AlN2O2. The number of amides is 1. The summed E-state index contributed by atoms with van der Waals surface area (Å²) < 4.78 is 3.10. The standard InChI is InChI=1S/CHN2O2.Al.2H/c2-3-1(4)5;;;/h(H,4,5);;;/q-1;+1;;.